The van der Waals surface area contributed by atoms with E-state index in [1.807, 2.05) is 47.7 Å². The van der Waals surface area contributed by atoms with Crippen molar-refractivity contribution in [3.05, 3.63) is 46.3 Å². The summed E-state index contributed by atoms with van der Waals surface area (Å²) in [6, 6.07) is 4.62. The van der Waals surface area contributed by atoms with Crippen LogP contribution < -0.4 is 21.4 Å². The molecule has 28 heavy (non-hydrogen) atoms. The maximum absolute atomic E-state index is 13.0. The second-order valence-electron chi connectivity index (χ2n) is 7.74. The number of rotatable bonds is 6. The van der Waals surface area contributed by atoms with Gasteiger partial charge in [-0.3, -0.25) is 4.79 Å². The number of carbonyl (C=O) groups is 1. The highest BCUT2D eigenvalue weighted by molar-refractivity contribution is 6.33. The molecule has 1 aromatic carbocycles. The Morgan fingerprint density at radius 1 is 1.32 bits per heavy atom. The molecule has 0 atom stereocenters. The minimum atomic E-state index is -0.0783. The number of benzene rings is 1. The van der Waals surface area contributed by atoms with Crippen LogP contribution in [0.25, 0.3) is 0 Å². The minimum absolute atomic E-state index is 0.0783. The molecule has 0 unspecified atom stereocenters. The average molecular weight is 383 g/mol. The smallest absolute Gasteiger partial charge is 0.255 e. The van der Waals surface area contributed by atoms with Crippen LogP contribution in [-0.2, 0) is 4.74 Å². The van der Waals surface area contributed by atoms with E-state index in [9.17, 15) is 4.79 Å². The van der Waals surface area contributed by atoms with Gasteiger partial charge < -0.3 is 20.7 Å². The second-order valence-corrected chi connectivity index (χ2v) is 7.74. The van der Waals surface area contributed by atoms with E-state index in [0.717, 1.165) is 71.8 Å². The molecule has 6 heteroatoms. The Morgan fingerprint density at radius 2 is 1.96 bits per heavy atom. The van der Waals surface area contributed by atoms with Crippen molar-refractivity contribution in [2.75, 3.05) is 24.7 Å². The quantitative estimate of drug-likeness (QED) is 0.584. The summed E-state index contributed by atoms with van der Waals surface area (Å²) in [6.07, 6.45) is 3.91. The lowest BCUT2D eigenvalue weighted by Gasteiger charge is -2.37. The highest BCUT2D eigenvalue weighted by atomic mass is 16.5. The van der Waals surface area contributed by atoms with Crippen molar-refractivity contribution < 1.29 is 9.53 Å². The van der Waals surface area contributed by atoms with Crippen LogP contribution >= 0.6 is 0 Å². The predicted molar refractivity (Wildman–Crippen MR) is 120 cm³/mol. The van der Waals surface area contributed by atoms with Gasteiger partial charge in [-0.25, -0.2) is 0 Å². The molecule has 3 N–H and O–H groups in total. The maximum atomic E-state index is 13.0. The zero-order valence-electron chi connectivity index (χ0n) is 18.2. The third-order valence-electron chi connectivity index (χ3n) is 5.39. The fraction of sp³-hybridized carbons (Fsp3) is 0.500. The van der Waals surface area contributed by atoms with Gasteiger partial charge in [0.05, 0.1) is 0 Å². The first-order chi connectivity index (χ1) is 13.2. The van der Waals surface area contributed by atoms with Crippen LogP contribution in [0.4, 0.5) is 5.69 Å². The van der Waals surface area contributed by atoms with Crippen molar-refractivity contribution >= 4 is 24.9 Å². The number of nitrogens with one attached hydrogen (secondary N) is 1. The second kappa shape index (κ2) is 9.83. The van der Waals surface area contributed by atoms with E-state index in [4.69, 9.17) is 10.5 Å². The van der Waals surface area contributed by atoms with Crippen LogP contribution in [0, 0.1) is 6.92 Å². The van der Waals surface area contributed by atoms with E-state index in [-0.39, 0.29) is 5.91 Å². The van der Waals surface area contributed by atoms with E-state index in [1.165, 1.54) is 0 Å². The van der Waals surface area contributed by atoms with Crippen molar-refractivity contribution in [1.82, 2.24) is 5.32 Å². The van der Waals surface area contributed by atoms with Crippen LogP contribution in [0.1, 0.15) is 56.5 Å². The van der Waals surface area contributed by atoms with Gasteiger partial charge in [-0.1, -0.05) is 11.5 Å². The highest BCUT2D eigenvalue weighted by Gasteiger charge is 2.24. The van der Waals surface area contributed by atoms with E-state index in [1.54, 1.807) is 0 Å². The number of nitrogens with two attached hydrogens (primary N) is 1. The molecular weight excluding hydrogens is 349 g/mol. The monoisotopic (exact) mass is 383 g/mol. The molecule has 2 rings (SSSR count). The van der Waals surface area contributed by atoms with Crippen LogP contribution in [-0.4, -0.2) is 39.6 Å². The van der Waals surface area contributed by atoms with Crippen LogP contribution in [0.15, 0.2) is 35.2 Å². The van der Waals surface area contributed by atoms with Crippen molar-refractivity contribution in [2.45, 2.75) is 53.5 Å². The fourth-order valence-corrected chi connectivity index (χ4v) is 3.78. The van der Waals surface area contributed by atoms with Crippen LogP contribution in [0.5, 0.6) is 0 Å². The zero-order chi connectivity index (χ0) is 20.8. The third kappa shape index (κ3) is 5.41. The number of anilines is 1. The number of ether oxygens (including phenoxy) is 1. The number of amides is 1. The lowest BCUT2D eigenvalue weighted by Crippen LogP contribution is -2.40. The summed E-state index contributed by atoms with van der Waals surface area (Å²) in [7, 11) is 2.05. The minimum Gasteiger partial charge on any atom is -0.402 e. The normalized spacial score (nSPS) is 16.5. The third-order valence-corrected chi connectivity index (χ3v) is 5.39. The van der Waals surface area contributed by atoms with E-state index >= 15 is 0 Å². The Balaban J connectivity index is 2.35. The molecule has 0 aliphatic carbocycles. The molecule has 1 fully saturated rings. The molecule has 1 saturated heterocycles. The number of allylic oxidation sites excluding steroid dienone is 4. The lowest BCUT2D eigenvalue weighted by atomic mass is 9.89. The molecule has 0 saturated carbocycles. The van der Waals surface area contributed by atoms with Gasteiger partial charge in [0.15, 0.2) is 0 Å². The van der Waals surface area contributed by atoms with Gasteiger partial charge in [0.2, 0.25) is 0 Å². The van der Waals surface area contributed by atoms with Gasteiger partial charge in [0.25, 0.3) is 5.91 Å². The Labute approximate surface area is 170 Å². The summed E-state index contributed by atoms with van der Waals surface area (Å²) < 4.78 is 5.53. The van der Waals surface area contributed by atoms with Gasteiger partial charge in [0, 0.05) is 48.4 Å². The summed E-state index contributed by atoms with van der Waals surface area (Å²) in [4.78, 5) is 15.4. The molecule has 0 radical (unpaired) electrons. The molecule has 1 heterocycles. The molecule has 0 bridgehead atoms. The van der Waals surface area contributed by atoms with Gasteiger partial charge in [-0.05, 0) is 70.7 Å². The van der Waals surface area contributed by atoms with Crippen molar-refractivity contribution in [3.8, 4) is 0 Å². The standard InChI is InChI=1S/C22H34BN3O2/c1-6-26(19-7-9-28-10-8-19)21-13-18(23)12-20(16(21)4)22(27)25-17(5)14(2)11-15(3)24/h11-13,19H,6-10,23-24H2,1-5H3,(H,25,27)/b15-11-,17-14+. The summed E-state index contributed by atoms with van der Waals surface area (Å²) in [5, 5.41) is 3.04. The summed E-state index contributed by atoms with van der Waals surface area (Å²) >= 11 is 0. The number of hydrogen-bond acceptors (Lipinski definition) is 4. The van der Waals surface area contributed by atoms with Crippen LogP contribution in [0.2, 0.25) is 0 Å². The molecule has 5 nitrogen and oxygen atoms in total. The molecule has 0 spiro atoms. The van der Waals surface area contributed by atoms with E-state index in [2.05, 4.69) is 23.2 Å². The Kier molecular flexibility index (Phi) is 7.75. The molecule has 0 aromatic heterocycles. The fourth-order valence-electron chi connectivity index (χ4n) is 3.78. The number of nitrogens with zero attached hydrogens (tertiary/aromatic N) is 1. The summed E-state index contributed by atoms with van der Waals surface area (Å²) in [5.41, 5.74) is 12.2. The van der Waals surface area contributed by atoms with Crippen LogP contribution in [0.3, 0.4) is 0 Å². The van der Waals surface area contributed by atoms with Gasteiger partial charge in [-0.15, -0.1) is 0 Å². The molecule has 1 aliphatic heterocycles. The maximum Gasteiger partial charge on any atom is 0.255 e. The first-order valence-corrected chi connectivity index (χ1v) is 10.1. The van der Waals surface area contributed by atoms with Crippen molar-refractivity contribution in [1.29, 1.82) is 0 Å². The zero-order valence-corrected chi connectivity index (χ0v) is 18.2. The average Bonchev–Trinajstić information content (AvgIpc) is 2.65. The number of hydrogen-bond donors (Lipinski definition) is 2. The number of carbonyl (C=O) groups excluding carboxylic acids is 1. The molecule has 152 valence electrons. The first-order valence-electron chi connectivity index (χ1n) is 10.1. The van der Waals surface area contributed by atoms with E-state index < -0.39 is 0 Å². The van der Waals surface area contributed by atoms with Gasteiger partial charge >= 0.3 is 0 Å². The SMILES string of the molecule is Bc1cc(C(=O)N/C(C)=C(C)/C=C(/C)N)c(C)c(N(CC)C2CCOCC2)c1. The summed E-state index contributed by atoms with van der Waals surface area (Å²) in [6.45, 7) is 12.4. The van der Waals surface area contributed by atoms with Gasteiger partial charge in [-0.2, -0.15) is 0 Å². The topological polar surface area (TPSA) is 67.6 Å². The van der Waals surface area contributed by atoms with E-state index in [0.29, 0.717) is 6.04 Å². The lowest BCUT2D eigenvalue weighted by molar-refractivity contribution is 0.0846. The highest BCUT2D eigenvalue weighted by Crippen LogP contribution is 2.27. The van der Waals surface area contributed by atoms with Crippen molar-refractivity contribution in [3.63, 3.8) is 0 Å². The predicted octanol–water partition coefficient (Wildman–Crippen LogP) is 2.14. The Bertz CT molecular complexity index is 776. The van der Waals surface area contributed by atoms with Gasteiger partial charge in [0.1, 0.15) is 7.85 Å². The largest absolute Gasteiger partial charge is 0.402 e. The Hall–Kier alpha value is -2.21. The van der Waals surface area contributed by atoms with Crippen molar-refractivity contribution in [2.24, 2.45) is 5.73 Å². The Morgan fingerprint density at radius 3 is 2.54 bits per heavy atom. The molecule has 1 aliphatic rings. The molecule has 1 aromatic rings. The summed E-state index contributed by atoms with van der Waals surface area (Å²) in [5.74, 6) is -0.0783. The first kappa shape index (κ1) is 22.1. The molecule has 1 amide bonds. The molecular formula is C22H34BN3O2.